The smallest absolute Gasteiger partial charge is 0.407 e. The fourth-order valence-corrected chi connectivity index (χ4v) is 8.09. The predicted octanol–water partition coefficient (Wildman–Crippen LogP) is 5.05. The number of ether oxygens (including phenoxy) is 2. The molecule has 12 heteroatoms. The summed E-state index contributed by atoms with van der Waals surface area (Å²) in [6.45, 7) is 6.21. The minimum atomic E-state index is -0.494. The average Bonchev–Trinajstić information content (AvgIpc) is 3.76. The summed E-state index contributed by atoms with van der Waals surface area (Å²) >= 11 is 0. The van der Waals surface area contributed by atoms with Crippen LogP contribution < -0.4 is 15.0 Å². The SMILES string of the molecule is Cc1cc2[nH]ncc2c2c1CCCCOC(=O)NC1CCCN(C1)c1nc(OCC34CCCN3CCC4)nc3c(F)c-2ncc13. The molecule has 3 fully saturated rings. The maximum atomic E-state index is 17.0. The second-order valence-corrected chi connectivity index (χ2v) is 13.1. The van der Waals surface area contributed by atoms with Crippen molar-refractivity contribution in [1.29, 1.82) is 0 Å². The van der Waals surface area contributed by atoms with Crippen molar-refractivity contribution in [3.05, 3.63) is 35.4 Å². The largest absolute Gasteiger partial charge is 0.461 e. The Kier molecular flexibility index (Phi) is 7.19. The van der Waals surface area contributed by atoms with Gasteiger partial charge in [-0.1, -0.05) is 0 Å². The minimum Gasteiger partial charge on any atom is -0.461 e. The quantitative estimate of drug-likeness (QED) is 0.326. The maximum absolute atomic E-state index is 17.0. The van der Waals surface area contributed by atoms with Gasteiger partial charge in [-0.05, 0) is 95.0 Å². The van der Waals surface area contributed by atoms with E-state index in [-0.39, 0.29) is 28.8 Å². The van der Waals surface area contributed by atoms with Crippen molar-refractivity contribution < 1.29 is 18.7 Å². The highest BCUT2D eigenvalue weighted by Crippen LogP contribution is 2.41. The van der Waals surface area contributed by atoms with E-state index >= 15 is 4.39 Å². The van der Waals surface area contributed by atoms with Gasteiger partial charge in [0, 0.05) is 36.3 Å². The number of H-pyrrole nitrogens is 1. The van der Waals surface area contributed by atoms with Gasteiger partial charge in [-0.3, -0.25) is 15.0 Å². The van der Waals surface area contributed by atoms with Crippen LogP contribution in [0, 0.1) is 12.7 Å². The molecule has 236 valence electrons. The van der Waals surface area contributed by atoms with Gasteiger partial charge in [0.25, 0.3) is 0 Å². The van der Waals surface area contributed by atoms with Crippen LogP contribution in [0.5, 0.6) is 6.01 Å². The van der Waals surface area contributed by atoms with Crippen LogP contribution >= 0.6 is 0 Å². The number of fused-ring (bicyclic) bond motifs is 9. The highest BCUT2D eigenvalue weighted by atomic mass is 19.1. The fraction of sp³-hybridized carbons (Fsp3) is 0.545. The number of anilines is 1. The van der Waals surface area contributed by atoms with E-state index in [0.29, 0.717) is 55.9 Å². The molecule has 0 radical (unpaired) electrons. The lowest BCUT2D eigenvalue weighted by atomic mass is 9.91. The molecule has 6 bridgehead atoms. The van der Waals surface area contributed by atoms with E-state index in [1.165, 1.54) is 0 Å². The van der Waals surface area contributed by atoms with Gasteiger partial charge in [-0.2, -0.15) is 15.1 Å². The fourth-order valence-electron chi connectivity index (χ4n) is 8.09. The lowest BCUT2D eigenvalue weighted by Gasteiger charge is -2.34. The minimum absolute atomic E-state index is 0.00342. The Bertz CT molecular complexity index is 1770. The Morgan fingerprint density at radius 2 is 1.96 bits per heavy atom. The Morgan fingerprint density at radius 3 is 2.82 bits per heavy atom. The number of hydrogen-bond acceptors (Lipinski definition) is 9. The number of carbonyl (C=O) groups is 1. The number of benzene rings is 1. The second-order valence-electron chi connectivity index (χ2n) is 13.1. The lowest BCUT2D eigenvalue weighted by molar-refractivity contribution is 0.108. The summed E-state index contributed by atoms with van der Waals surface area (Å²) in [6, 6.07) is 2.09. The molecule has 45 heavy (non-hydrogen) atoms. The molecule has 3 saturated heterocycles. The molecule has 1 atom stereocenters. The van der Waals surface area contributed by atoms with Crippen molar-refractivity contribution in [3.63, 3.8) is 0 Å². The molecule has 11 nitrogen and oxygen atoms in total. The number of piperidine rings is 1. The summed E-state index contributed by atoms with van der Waals surface area (Å²) in [7, 11) is 0. The van der Waals surface area contributed by atoms with Gasteiger partial charge in [0.05, 0.1) is 29.2 Å². The summed E-state index contributed by atoms with van der Waals surface area (Å²) in [5, 5.41) is 11.7. The first-order valence-electron chi connectivity index (χ1n) is 16.4. The van der Waals surface area contributed by atoms with Gasteiger partial charge in [0.15, 0.2) is 5.82 Å². The number of carbonyl (C=O) groups excluding carboxylic acids is 1. The van der Waals surface area contributed by atoms with E-state index in [0.717, 1.165) is 80.1 Å². The summed E-state index contributed by atoms with van der Waals surface area (Å²) in [5.41, 5.74) is 3.98. The van der Waals surface area contributed by atoms with Crippen LogP contribution in [0.3, 0.4) is 0 Å². The lowest BCUT2D eigenvalue weighted by Crippen LogP contribution is -2.48. The van der Waals surface area contributed by atoms with Crippen molar-refractivity contribution in [2.75, 3.05) is 44.3 Å². The van der Waals surface area contributed by atoms with Crippen molar-refractivity contribution >= 4 is 33.7 Å². The number of rotatable bonds is 3. The molecular weight excluding hydrogens is 575 g/mol. The number of aryl methyl sites for hydroxylation is 1. The third-order valence-electron chi connectivity index (χ3n) is 10.3. The van der Waals surface area contributed by atoms with Crippen molar-refractivity contribution in [2.24, 2.45) is 0 Å². The zero-order valence-corrected chi connectivity index (χ0v) is 25.7. The van der Waals surface area contributed by atoms with Crippen LogP contribution in [-0.2, 0) is 11.2 Å². The number of pyridine rings is 1. The highest BCUT2D eigenvalue weighted by Gasteiger charge is 2.45. The van der Waals surface area contributed by atoms with Crippen molar-refractivity contribution in [1.82, 2.24) is 35.4 Å². The molecule has 9 rings (SSSR count). The van der Waals surface area contributed by atoms with Crippen LogP contribution in [0.15, 0.2) is 18.5 Å². The van der Waals surface area contributed by atoms with Gasteiger partial charge in [-0.25, -0.2) is 9.18 Å². The number of aromatic amines is 1. The highest BCUT2D eigenvalue weighted by molar-refractivity contribution is 5.99. The molecule has 3 aromatic heterocycles. The Hall–Kier alpha value is -4.06. The number of alkyl carbamates (subject to hydrolysis) is 1. The normalized spacial score (nSPS) is 22.0. The first-order chi connectivity index (χ1) is 22.0. The molecule has 0 spiro atoms. The number of aromatic nitrogens is 5. The van der Waals surface area contributed by atoms with Gasteiger partial charge >= 0.3 is 12.1 Å². The summed E-state index contributed by atoms with van der Waals surface area (Å²) in [6.07, 6.45) is 11.3. The molecule has 1 aromatic carbocycles. The van der Waals surface area contributed by atoms with Gasteiger partial charge < -0.3 is 19.7 Å². The summed E-state index contributed by atoms with van der Waals surface area (Å²) < 4.78 is 29.0. The summed E-state index contributed by atoms with van der Waals surface area (Å²) in [4.78, 5) is 31.7. The van der Waals surface area contributed by atoms with E-state index in [1.807, 2.05) is 13.0 Å². The van der Waals surface area contributed by atoms with Gasteiger partial charge in [0.1, 0.15) is 23.6 Å². The monoisotopic (exact) mass is 614 g/mol. The molecule has 8 heterocycles. The zero-order valence-electron chi connectivity index (χ0n) is 25.7. The number of amides is 1. The predicted molar refractivity (Wildman–Crippen MR) is 168 cm³/mol. The molecule has 0 saturated carbocycles. The van der Waals surface area contributed by atoms with Crippen LogP contribution in [0.1, 0.15) is 62.5 Å². The van der Waals surface area contributed by atoms with Crippen molar-refractivity contribution in [2.45, 2.75) is 76.3 Å². The number of nitrogens with one attached hydrogen (secondary N) is 2. The molecule has 0 aliphatic carbocycles. The topological polar surface area (TPSA) is 121 Å². The third-order valence-corrected chi connectivity index (χ3v) is 10.3. The Morgan fingerprint density at radius 1 is 1.09 bits per heavy atom. The third kappa shape index (κ3) is 5.03. The Balaban J connectivity index is 1.29. The van der Waals surface area contributed by atoms with E-state index in [9.17, 15) is 4.79 Å². The zero-order chi connectivity index (χ0) is 30.5. The molecular formula is C33H39FN8O3. The molecule has 5 aliphatic heterocycles. The molecule has 1 unspecified atom stereocenters. The molecule has 4 aromatic rings. The van der Waals surface area contributed by atoms with Crippen LogP contribution in [0.2, 0.25) is 0 Å². The van der Waals surface area contributed by atoms with E-state index in [1.54, 1.807) is 12.4 Å². The number of hydrogen-bond donors (Lipinski definition) is 2. The van der Waals surface area contributed by atoms with Crippen molar-refractivity contribution in [3.8, 4) is 17.3 Å². The second kappa shape index (κ2) is 11.4. The van der Waals surface area contributed by atoms with E-state index < -0.39 is 11.9 Å². The maximum Gasteiger partial charge on any atom is 0.407 e. The Labute approximate surface area is 260 Å². The first-order valence-corrected chi connectivity index (χ1v) is 16.4. The first kappa shape index (κ1) is 28.4. The van der Waals surface area contributed by atoms with E-state index in [2.05, 4.69) is 25.3 Å². The number of nitrogens with zero attached hydrogens (tertiary/aromatic N) is 6. The summed E-state index contributed by atoms with van der Waals surface area (Å²) in [5.74, 6) is 0.0774. The standard InChI is InChI=1S/C33H39FN8O3/c1-20-15-25-23(17-36-40-25)26-22(20)8-2-3-14-44-32(43)37-21-7-4-11-41(18-21)30-24-16-35-29(26)27(34)28(24)38-31(39-30)45-19-33-9-5-12-42(33)13-6-10-33/h15-17,21H,2-14,18-19H2,1H3,(H,36,40)(H,37,43). The van der Waals surface area contributed by atoms with Gasteiger partial charge in [0.2, 0.25) is 0 Å². The van der Waals surface area contributed by atoms with Crippen LogP contribution in [0.25, 0.3) is 33.1 Å². The van der Waals surface area contributed by atoms with Crippen LogP contribution in [0.4, 0.5) is 15.0 Å². The molecule has 1 amide bonds. The van der Waals surface area contributed by atoms with Gasteiger partial charge in [-0.15, -0.1) is 0 Å². The average molecular weight is 615 g/mol. The van der Waals surface area contributed by atoms with E-state index in [4.69, 9.17) is 24.4 Å². The van der Waals surface area contributed by atoms with Crippen LogP contribution in [-0.4, -0.2) is 87.1 Å². The number of halogens is 1. The molecule has 2 N–H and O–H groups in total. The molecule has 5 aliphatic rings.